The number of rotatable bonds is 2. The van der Waals surface area contributed by atoms with Crippen LogP contribution in [0.15, 0.2) is 23.0 Å². The minimum absolute atomic E-state index is 0.0208. The summed E-state index contributed by atoms with van der Waals surface area (Å²) in [5, 5.41) is 3.85. The summed E-state index contributed by atoms with van der Waals surface area (Å²) in [7, 11) is 0. The predicted octanol–water partition coefficient (Wildman–Crippen LogP) is 1.93. The van der Waals surface area contributed by atoms with Crippen molar-refractivity contribution in [3.05, 3.63) is 34.1 Å². The van der Waals surface area contributed by atoms with Crippen LogP contribution in [-0.4, -0.2) is 9.78 Å². The molecule has 0 spiro atoms. The van der Waals surface area contributed by atoms with Gasteiger partial charge < -0.3 is 5.73 Å². The van der Waals surface area contributed by atoms with Gasteiger partial charge in [0, 0.05) is 12.1 Å². The van der Waals surface area contributed by atoms with E-state index in [-0.39, 0.29) is 17.6 Å². The molecule has 1 aromatic carbocycles. The van der Waals surface area contributed by atoms with E-state index in [4.69, 9.17) is 5.73 Å². The summed E-state index contributed by atoms with van der Waals surface area (Å²) >= 11 is 0. The predicted molar refractivity (Wildman–Crippen MR) is 65.5 cm³/mol. The highest BCUT2D eigenvalue weighted by atomic mass is 16.1. The molecule has 0 saturated heterocycles. The van der Waals surface area contributed by atoms with Crippen LogP contribution in [0.5, 0.6) is 0 Å². The van der Waals surface area contributed by atoms with Gasteiger partial charge in [0.15, 0.2) is 0 Å². The summed E-state index contributed by atoms with van der Waals surface area (Å²) in [5.41, 5.74) is 7.74. The molecule has 1 heterocycles. The van der Waals surface area contributed by atoms with E-state index in [1.54, 1.807) is 4.68 Å². The Balaban J connectivity index is 2.81. The molecule has 0 bridgehead atoms. The molecule has 2 rings (SSSR count). The molecule has 0 amide bonds. The molecule has 16 heavy (non-hydrogen) atoms. The fourth-order valence-electron chi connectivity index (χ4n) is 1.92. The number of nitrogens with one attached hydrogen (secondary N) is 1. The molecule has 0 aliphatic heterocycles. The molecule has 0 radical (unpaired) electrons. The standard InChI is InChI=1S/C12H17N3O/c1-7(2)15-12(16)10-6-4-5-9(8(3)13)11(10)14-15/h4-8,14H,13H2,1-3H3. The summed E-state index contributed by atoms with van der Waals surface area (Å²) in [6.45, 7) is 5.87. The lowest BCUT2D eigenvalue weighted by Crippen LogP contribution is -2.18. The van der Waals surface area contributed by atoms with Crippen LogP contribution in [0.4, 0.5) is 0 Å². The van der Waals surface area contributed by atoms with E-state index in [1.807, 2.05) is 39.0 Å². The average molecular weight is 219 g/mol. The number of para-hydroxylation sites is 1. The molecule has 0 aliphatic rings. The van der Waals surface area contributed by atoms with Crippen molar-refractivity contribution in [2.24, 2.45) is 5.73 Å². The highest BCUT2D eigenvalue weighted by molar-refractivity contribution is 5.81. The second kappa shape index (κ2) is 3.79. The molecule has 4 heteroatoms. The van der Waals surface area contributed by atoms with Crippen molar-refractivity contribution in [1.82, 2.24) is 9.78 Å². The van der Waals surface area contributed by atoms with Gasteiger partial charge in [0.1, 0.15) is 0 Å². The van der Waals surface area contributed by atoms with Crippen molar-refractivity contribution < 1.29 is 0 Å². The fraction of sp³-hybridized carbons (Fsp3) is 0.417. The van der Waals surface area contributed by atoms with Crippen molar-refractivity contribution in [3.63, 3.8) is 0 Å². The first-order valence-corrected chi connectivity index (χ1v) is 5.51. The van der Waals surface area contributed by atoms with Gasteiger partial charge in [-0.3, -0.25) is 9.89 Å². The Morgan fingerprint density at radius 2 is 2.00 bits per heavy atom. The second-order valence-electron chi connectivity index (χ2n) is 4.44. The average Bonchev–Trinajstić information content (AvgIpc) is 2.56. The molecule has 3 N–H and O–H groups in total. The Hall–Kier alpha value is -1.55. The van der Waals surface area contributed by atoms with Gasteiger partial charge >= 0.3 is 0 Å². The first-order chi connectivity index (χ1) is 7.52. The number of benzene rings is 1. The van der Waals surface area contributed by atoms with Gasteiger partial charge in [0.05, 0.1) is 10.9 Å². The minimum atomic E-state index is -0.0811. The molecule has 86 valence electrons. The molecular weight excluding hydrogens is 202 g/mol. The Morgan fingerprint density at radius 1 is 1.31 bits per heavy atom. The van der Waals surface area contributed by atoms with E-state index in [2.05, 4.69) is 5.10 Å². The number of hydrogen-bond acceptors (Lipinski definition) is 2. The van der Waals surface area contributed by atoms with Crippen molar-refractivity contribution in [3.8, 4) is 0 Å². The van der Waals surface area contributed by atoms with Crippen LogP contribution < -0.4 is 11.3 Å². The summed E-state index contributed by atoms with van der Waals surface area (Å²) < 4.78 is 1.64. The first kappa shape index (κ1) is 11.0. The fourth-order valence-corrected chi connectivity index (χ4v) is 1.92. The lowest BCUT2D eigenvalue weighted by atomic mass is 10.1. The Kier molecular flexibility index (Phi) is 2.59. The number of fused-ring (bicyclic) bond motifs is 1. The summed E-state index contributed by atoms with van der Waals surface area (Å²) in [6, 6.07) is 5.70. The number of aromatic nitrogens is 2. The lowest BCUT2D eigenvalue weighted by Gasteiger charge is -2.07. The van der Waals surface area contributed by atoms with E-state index in [9.17, 15) is 4.79 Å². The lowest BCUT2D eigenvalue weighted by molar-refractivity contribution is 0.521. The van der Waals surface area contributed by atoms with Crippen molar-refractivity contribution in [2.45, 2.75) is 32.9 Å². The third-order valence-corrected chi connectivity index (χ3v) is 2.79. The number of aromatic amines is 1. The number of nitrogens with two attached hydrogens (primary N) is 1. The van der Waals surface area contributed by atoms with E-state index >= 15 is 0 Å². The molecule has 4 nitrogen and oxygen atoms in total. The molecule has 2 aromatic rings. The third-order valence-electron chi connectivity index (χ3n) is 2.79. The van der Waals surface area contributed by atoms with Crippen molar-refractivity contribution in [1.29, 1.82) is 0 Å². The quantitative estimate of drug-likeness (QED) is 0.810. The molecule has 0 fully saturated rings. The zero-order valence-corrected chi connectivity index (χ0v) is 9.82. The van der Waals surface area contributed by atoms with E-state index in [0.29, 0.717) is 5.39 Å². The maximum Gasteiger partial charge on any atom is 0.274 e. The van der Waals surface area contributed by atoms with E-state index in [0.717, 1.165) is 11.1 Å². The highest BCUT2D eigenvalue weighted by Gasteiger charge is 2.13. The van der Waals surface area contributed by atoms with Crippen LogP contribution in [0.2, 0.25) is 0 Å². The topological polar surface area (TPSA) is 63.8 Å². The van der Waals surface area contributed by atoms with Crippen molar-refractivity contribution in [2.75, 3.05) is 0 Å². The third kappa shape index (κ3) is 1.55. The molecule has 1 unspecified atom stereocenters. The molecule has 1 aromatic heterocycles. The van der Waals surface area contributed by atoms with Crippen LogP contribution in [0.25, 0.3) is 10.9 Å². The largest absolute Gasteiger partial charge is 0.324 e. The maximum absolute atomic E-state index is 12.0. The van der Waals surface area contributed by atoms with Crippen LogP contribution in [0, 0.1) is 0 Å². The summed E-state index contributed by atoms with van der Waals surface area (Å²) in [6.07, 6.45) is 0. The van der Waals surface area contributed by atoms with Crippen molar-refractivity contribution >= 4 is 10.9 Å². The van der Waals surface area contributed by atoms with Gasteiger partial charge in [-0.15, -0.1) is 0 Å². The van der Waals surface area contributed by atoms with Gasteiger partial charge in [0.25, 0.3) is 5.56 Å². The number of nitrogens with zero attached hydrogens (tertiary/aromatic N) is 1. The van der Waals surface area contributed by atoms with Gasteiger partial charge in [-0.1, -0.05) is 12.1 Å². The molecular formula is C12H17N3O. The second-order valence-corrected chi connectivity index (χ2v) is 4.44. The van der Waals surface area contributed by atoms with Gasteiger partial charge in [-0.25, -0.2) is 4.68 Å². The summed E-state index contributed by atoms with van der Waals surface area (Å²) in [5.74, 6) is 0. The van der Waals surface area contributed by atoms with Gasteiger partial charge in [-0.2, -0.15) is 0 Å². The van der Waals surface area contributed by atoms with Crippen LogP contribution in [0.1, 0.15) is 38.4 Å². The van der Waals surface area contributed by atoms with Crippen LogP contribution in [-0.2, 0) is 0 Å². The van der Waals surface area contributed by atoms with Crippen LogP contribution in [0.3, 0.4) is 0 Å². The molecule has 0 saturated carbocycles. The monoisotopic (exact) mass is 219 g/mol. The molecule has 0 aliphatic carbocycles. The smallest absolute Gasteiger partial charge is 0.274 e. The zero-order valence-electron chi connectivity index (χ0n) is 9.82. The van der Waals surface area contributed by atoms with Gasteiger partial charge in [0.2, 0.25) is 0 Å². The molecule has 1 atom stereocenters. The Bertz CT molecular complexity index is 563. The normalized spacial score (nSPS) is 13.6. The van der Waals surface area contributed by atoms with Crippen LogP contribution >= 0.6 is 0 Å². The van der Waals surface area contributed by atoms with E-state index in [1.165, 1.54) is 0 Å². The SMILES string of the molecule is CC(N)c1cccc2c(=O)n(C(C)C)[nH]c12. The van der Waals surface area contributed by atoms with Gasteiger partial charge in [-0.05, 0) is 32.4 Å². The zero-order chi connectivity index (χ0) is 11.9. The maximum atomic E-state index is 12.0. The van der Waals surface area contributed by atoms with E-state index < -0.39 is 0 Å². The number of hydrogen-bond donors (Lipinski definition) is 2. The Labute approximate surface area is 94.0 Å². The number of H-pyrrole nitrogens is 1. The Morgan fingerprint density at radius 3 is 2.56 bits per heavy atom. The summed E-state index contributed by atoms with van der Waals surface area (Å²) in [4.78, 5) is 12.0. The minimum Gasteiger partial charge on any atom is -0.324 e. The highest BCUT2D eigenvalue weighted by Crippen LogP contribution is 2.19. The first-order valence-electron chi connectivity index (χ1n) is 5.51.